The molecular formula is C16H23N3S2. The lowest BCUT2D eigenvalue weighted by Gasteiger charge is -2.25. The third-order valence-electron chi connectivity index (χ3n) is 4.16. The van der Waals surface area contributed by atoms with Crippen LogP contribution < -0.4 is 0 Å². The van der Waals surface area contributed by atoms with Crippen molar-refractivity contribution in [1.29, 1.82) is 0 Å². The fourth-order valence-electron chi connectivity index (χ4n) is 2.62. The third-order valence-corrected chi connectivity index (χ3v) is 6.65. The average molecular weight is 322 g/mol. The van der Waals surface area contributed by atoms with Crippen molar-refractivity contribution >= 4 is 34.6 Å². The molecule has 0 radical (unpaired) electrons. The Kier molecular flexibility index (Phi) is 4.82. The number of hydrogen-bond donors (Lipinski definition) is 1. The Labute approximate surface area is 135 Å². The fraction of sp³-hybridized carbons (Fsp3) is 0.562. The van der Waals surface area contributed by atoms with Gasteiger partial charge in [-0.05, 0) is 44.2 Å². The number of H-pyrrole nitrogens is 1. The van der Waals surface area contributed by atoms with Gasteiger partial charge in [0, 0.05) is 29.1 Å². The lowest BCUT2D eigenvalue weighted by molar-refractivity contribution is 0.268. The summed E-state index contributed by atoms with van der Waals surface area (Å²) in [6.07, 6.45) is 0. The molecule has 3 nitrogen and oxygen atoms in total. The van der Waals surface area contributed by atoms with Gasteiger partial charge in [-0.3, -0.25) is 4.90 Å². The van der Waals surface area contributed by atoms with Crippen molar-refractivity contribution in [2.24, 2.45) is 0 Å². The summed E-state index contributed by atoms with van der Waals surface area (Å²) in [7, 11) is 2.22. The highest BCUT2D eigenvalue weighted by atomic mass is 32.2. The average Bonchev–Trinajstić information content (AvgIpc) is 2.66. The Bertz CT molecular complexity index is 576. The van der Waals surface area contributed by atoms with Gasteiger partial charge in [0.15, 0.2) is 0 Å². The van der Waals surface area contributed by atoms with Crippen LogP contribution in [0.15, 0.2) is 12.1 Å². The van der Waals surface area contributed by atoms with Crippen molar-refractivity contribution in [3.8, 4) is 0 Å². The van der Waals surface area contributed by atoms with Crippen molar-refractivity contribution in [3.63, 3.8) is 0 Å². The maximum absolute atomic E-state index is 4.76. The van der Waals surface area contributed by atoms with Gasteiger partial charge in [0.25, 0.3) is 0 Å². The molecule has 0 unspecified atom stereocenters. The molecule has 0 spiro atoms. The molecule has 1 aromatic carbocycles. The predicted octanol–water partition coefficient (Wildman–Crippen LogP) is 3.46. The van der Waals surface area contributed by atoms with Gasteiger partial charge in [0.05, 0.1) is 17.6 Å². The molecule has 1 aromatic heterocycles. The molecule has 3 rings (SSSR count). The second kappa shape index (κ2) is 6.63. The minimum absolute atomic E-state index is 0.652. The second-order valence-electron chi connectivity index (χ2n) is 5.86. The molecule has 1 aliphatic heterocycles. The number of hydrogen-bond acceptors (Lipinski definition) is 4. The lowest BCUT2D eigenvalue weighted by atomic mass is 10.1. The minimum Gasteiger partial charge on any atom is -0.341 e. The van der Waals surface area contributed by atoms with E-state index in [1.807, 2.05) is 0 Å². The van der Waals surface area contributed by atoms with Crippen LogP contribution in [0.5, 0.6) is 0 Å². The summed E-state index contributed by atoms with van der Waals surface area (Å²) in [5.41, 5.74) is 4.88. The van der Waals surface area contributed by atoms with Crippen molar-refractivity contribution in [2.75, 3.05) is 30.1 Å². The molecule has 1 saturated heterocycles. The van der Waals surface area contributed by atoms with E-state index in [0.29, 0.717) is 6.04 Å². The molecule has 5 heteroatoms. The van der Waals surface area contributed by atoms with Crippen molar-refractivity contribution in [1.82, 2.24) is 14.9 Å². The molecule has 0 amide bonds. The van der Waals surface area contributed by atoms with Crippen LogP contribution in [0.4, 0.5) is 0 Å². The number of aromatic amines is 1. The molecule has 2 aromatic rings. The number of aromatic nitrogens is 2. The predicted molar refractivity (Wildman–Crippen MR) is 95.5 cm³/mol. The Morgan fingerprint density at radius 1 is 1.19 bits per heavy atom. The van der Waals surface area contributed by atoms with E-state index >= 15 is 0 Å². The summed E-state index contributed by atoms with van der Waals surface area (Å²) in [5.74, 6) is 6.14. The zero-order chi connectivity index (χ0) is 14.8. The molecule has 1 fully saturated rings. The van der Waals surface area contributed by atoms with Gasteiger partial charge >= 0.3 is 0 Å². The number of benzene rings is 1. The molecule has 114 valence electrons. The standard InChI is InChI=1S/C16H23N3S2/c1-11-6-14-15(7-12(11)2)18-16(17-14)8-19(3)13-9-20-4-5-21-10-13/h6-7,13H,4-5,8-10H2,1-3H3,(H,17,18). The first-order valence-corrected chi connectivity index (χ1v) is 9.76. The molecule has 0 saturated carbocycles. The van der Waals surface area contributed by atoms with Gasteiger partial charge in [0.2, 0.25) is 0 Å². The van der Waals surface area contributed by atoms with Gasteiger partial charge < -0.3 is 4.98 Å². The van der Waals surface area contributed by atoms with Crippen LogP contribution >= 0.6 is 23.5 Å². The SMILES string of the molecule is Cc1cc2nc(CN(C)C3CSCCSC3)[nH]c2cc1C. The number of nitrogens with one attached hydrogen (secondary N) is 1. The van der Waals surface area contributed by atoms with Crippen LogP contribution in [0.2, 0.25) is 0 Å². The zero-order valence-corrected chi connectivity index (χ0v) is 14.6. The lowest BCUT2D eigenvalue weighted by Crippen LogP contribution is -2.35. The van der Waals surface area contributed by atoms with Crippen LogP contribution in [0.1, 0.15) is 17.0 Å². The summed E-state index contributed by atoms with van der Waals surface area (Å²) in [6, 6.07) is 5.04. The van der Waals surface area contributed by atoms with Crippen LogP contribution in [0, 0.1) is 13.8 Å². The van der Waals surface area contributed by atoms with Crippen molar-refractivity contribution in [2.45, 2.75) is 26.4 Å². The highest BCUT2D eigenvalue weighted by molar-refractivity contribution is 8.03. The first-order valence-electron chi connectivity index (χ1n) is 7.45. The van der Waals surface area contributed by atoms with E-state index in [-0.39, 0.29) is 0 Å². The number of fused-ring (bicyclic) bond motifs is 1. The summed E-state index contributed by atoms with van der Waals surface area (Å²) < 4.78 is 0. The highest BCUT2D eigenvalue weighted by Gasteiger charge is 2.18. The van der Waals surface area contributed by atoms with E-state index in [0.717, 1.165) is 23.4 Å². The van der Waals surface area contributed by atoms with Crippen molar-refractivity contribution < 1.29 is 0 Å². The maximum atomic E-state index is 4.76. The number of aryl methyl sites for hydroxylation is 2. The van der Waals surface area contributed by atoms with E-state index in [4.69, 9.17) is 4.98 Å². The summed E-state index contributed by atoms with van der Waals surface area (Å²) >= 11 is 4.16. The Hall–Kier alpha value is -0.650. The Balaban J connectivity index is 1.74. The summed E-state index contributed by atoms with van der Waals surface area (Å²) in [5, 5.41) is 0. The van der Waals surface area contributed by atoms with E-state index in [1.54, 1.807) is 0 Å². The quantitative estimate of drug-likeness (QED) is 0.938. The van der Waals surface area contributed by atoms with E-state index in [1.165, 1.54) is 34.1 Å². The smallest absolute Gasteiger partial charge is 0.121 e. The maximum Gasteiger partial charge on any atom is 0.121 e. The van der Waals surface area contributed by atoms with E-state index in [9.17, 15) is 0 Å². The number of nitrogens with zero attached hydrogens (tertiary/aromatic N) is 2. The van der Waals surface area contributed by atoms with E-state index in [2.05, 4.69) is 66.4 Å². The van der Waals surface area contributed by atoms with Crippen LogP contribution in [-0.2, 0) is 6.54 Å². The number of rotatable bonds is 3. The van der Waals surface area contributed by atoms with Gasteiger partial charge in [-0.25, -0.2) is 4.98 Å². The van der Waals surface area contributed by atoms with E-state index < -0.39 is 0 Å². The molecule has 0 atom stereocenters. The molecular weight excluding hydrogens is 298 g/mol. The van der Waals surface area contributed by atoms with Gasteiger partial charge in [-0.15, -0.1) is 0 Å². The normalized spacial score (nSPS) is 17.5. The Morgan fingerprint density at radius 2 is 1.86 bits per heavy atom. The molecule has 2 heterocycles. The summed E-state index contributed by atoms with van der Waals surface area (Å²) in [4.78, 5) is 10.7. The van der Waals surface area contributed by atoms with Gasteiger partial charge in [-0.1, -0.05) is 0 Å². The second-order valence-corrected chi connectivity index (χ2v) is 8.16. The van der Waals surface area contributed by atoms with Crippen LogP contribution in [-0.4, -0.2) is 51.0 Å². The van der Waals surface area contributed by atoms with Gasteiger partial charge in [0.1, 0.15) is 5.82 Å². The monoisotopic (exact) mass is 321 g/mol. The first-order chi connectivity index (χ1) is 10.1. The van der Waals surface area contributed by atoms with Gasteiger partial charge in [-0.2, -0.15) is 23.5 Å². The highest BCUT2D eigenvalue weighted by Crippen LogP contribution is 2.22. The molecule has 0 bridgehead atoms. The number of imidazole rings is 1. The first kappa shape index (κ1) is 15.3. The van der Waals surface area contributed by atoms with Crippen LogP contribution in [0.25, 0.3) is 11.0 Å². The van der Waals surface area contributed by atoms with Crippen molar-refractivity contribution in [3.05, 3.63) is 29.1 Å². The Morgan fingerprint density at radius 3 is 2.57 bits per heavy atom. The number of thioether (sulfide) groups is 2. The molecule has 1 N–H and O–H groups in total. The topological polar surface area (TPSA) is 31.9 Å². The minimum atomic E-state index is 0.652. The fourth-order valence-corrected chi connectivity index (χ4v) is 5.34. The summed E-state index contributed by atoms with van der Waals surface area (Å²) in [6.45, 7) is 5.20. The third kappa shape index (κ3) is 3.58. The zero-order valence-electron chi connectivity index (χ0n) is 13.0. The molecule has 0 aliphatic carbocycles. The molecule has 1 aliphatic rings. The van der Waals surface area contributed by atoms with Crippen LogP contribution in [0.3, 0.4) is 0 Å². The largest absolute Gasteiger partial charge is 0.341 e. The molecule has 21 heavy (non-hydrogen) atoms.